The molecule has 8 nitrogen and oxygen atoms in total. The van der Waals surface area contributed by atoms with Gasteiger partial charge in [-0.25, -0.2) is 9.59 Å². The SMILES string of the molecule is CC(C)OC(=O)C1=CN(C(=O)Nc2ccc(N3CCN(C)CC3)cc2)CC(C)(C)c2c1[nH]c1ccccc21. The molecular weight excluding hydrogens is 478 g/mol. The van der Waals surface area contributed by atoms with Gasteiger partial charge in [0.05, 0.1) is 17.4 Å². The number of piperazine rings is 1. The normalized spacial score (nSPS) is 17.7. The number of hydrogen-bond donors (Lipinski definition) is 2. The van der Waals surface area contributed by atoms with Crippen LogP contribution in [0.5, 0.6) is 0 Å². The Labute approximate surface area is 224 Å². The van der Waals surface area contributed by atoms with E-state index in [-0.39, 0.29) is 12.1 Å². The van der Waals surface area contributed by atoms with E-state index in [0.29, 0.717) is 23.5 Å². The zero-order valence-corrected chi connectivity index (χ0v) is 22.9. The number of benzene rings is 2. The van der Waals surface area contributed by atoms with Gasteiger partial charge in [0, 0.05) is 66.6 Å². The molecule has 0 saturated carbocycles. The monoisotopic (exact) mass is 515 g/mol. The third kappa shape index (κ3) is 5.13. The largest absolute Gasteiger partial charge is 0.459 e. The van der Waals surface area contributed by atoms with Crippen molar-refractivity contribution in [1.82, 2.24) is 14.8 Å². The molecular formula is C30H37N5O3. The number of urea groups is 1. The van der Waals surface area contributed by atoms with E-state index in [2.05, 4.69) is 47.1 Å². The minimum absolute atomic E-state index is 0.284. The van der Waals surface area contributed by atoms with Gasteiger partial charge >= 0.3 is 12.0 Å². The fourth-order valence-corrected chi connectivity index (χ4v) is 5.40. The summed E-state index contributed by atoms with van der Waals surface area (Å²) in [5.41, 5.74) is 4.42. The first-order valence-electron chi connectivity index (χ1n) is 13.3. The number of rotatable bonds is 4. The van der Waals surface area contributed by atoms with Crippen LogP contribution in [-0.4, -0.2) is 72.7 Å². The highest BCUT2D eigenvalue weighted by atomic mass is 16.5. The van der Waals surface area contributed by atoms with Crippen molar-refractivity contribution in [3.8, 4) is 0 Å². The molecule has 1 saturated heterocycles. The van der Waals surface area contributed by atoms with Crippen molar-refractivity contribution in [3.63, 3.8) is 0 Å². The van der Waals surface area contributed by atoms with Crippen LogP contribution < -0.4 is 10.2 Å². The van der Waals surface area contributed by atoms with Gasteiger partial charge in [0.15, 0.2) is 0 Å². The molecule has 1 fully saturated rings. The van der Waals surface area contributed by atoms with Crippen molar-refractivity contribution in [1.29, 1.82) is 0 Å². The summed E-state index contributed by atoms with van der Waals surface area (Å²) in [6.07, 6.45) is 1.34. The third-order valence-corrected chi connectivity index (χ3v) is 7.31. The summed E-state index contributed by atoms with van der Waals surface area (Å²) in [5, 5.41) is 4.06. The number of fused-ring (bicyclic) bond motifs is 3. The van der Waals surface area contributed by atoms with Gasteiger partial charge in [0.25, 0.3) is 0 Å². The predicted molar refractivity (Wildman–Crippen MR) is 152 cm³/mol. The second-order valence-electron chi connectivity index (χ2n) is 11.2. The number of esters is 1. The summed E-state index contributed by atoms with van der Waals surface area (Å²) in [5.74, 6) is -0.458. The maximum absolute atomic E-state index is 13.5. The highest BCUT2D eigenvalue weighted by molar-refractivity contribution is 6.18. The molecule has 2 amide bonds. The molecule has 0 radical (unpaired) electrons. The molecule has 1 aromatic heterocycles. The average molecular weight is 516 g/mol. The number of likely N-dealkylation sites (N-methyl/N-ethyl adjacent to an activating group) is 1. The number of ether oxygens (including phenoxy) is 1. The second kappa shape index (κ2) is 10.2. The fourth-order valence-electron chi connectivity index (χ4n) is 5.40. The van der Waals surface area contributed by atoms with Gasteiger partial charge in [0.2, 0.25) is 0 Å². The molecule has 0 aliphatic carbocycles. The molecule has 0 unspecified atom stereocenters. The number of amides is 2. The van der Waals surface area contributed by atoms with Crippen LogP contribution in [0, 0.1) is 0 Å². The first kappa shape index (κ1) is 25.9. The van der Waals surface area contributed by atoms with Crippen LogP contribution in [-0.2, 0) is 14.9 Å². The summed E-state index contributed by atoms with van der Waals surface area (Å²) < 4.78 is 5.60. The van der Waals surface area contributed by atoms with E-state index < -0.39 is 11.4 Å². The van der Waals surface area contributed by atoms with Crippen LogP contribution >= 0.6 is 0 Å². The molecule has 0 bridgehead atoms. The maximum Gasteiger partial charge on any atom is 0.342 e. The van der Waals surface area contributed by atoms with Crippen LogP contribution in [0.1, 0.15) is 39.0 Å². The van der Waals surface area contributed by atoms with Crippen molar-refractivity contribution in [2.75, 3.05) is 50.0 Å². The van der Waals surface area contributed by atoms with Gasteiger partial charge in [0.1, 0.15) is 0 Å². The quantitative estimate of drug-likeness (QED) is 0.476. The second-order valence-corrected chi connectivity index (χ2v) is 11.2. The lowest BCUT2D eigenvalue weighted by Gasteiger charge is -2.34. The topological polar surface area (TPSA) is 80.9 Å². The number of para-hydroxylation sites is 1. The Morgan fingerprint density at radius 2 is 1.68 bits per heavy atom. The molecule has 8 heteroatoms. The minimum atomic E-state index is -0.458. The van der Waals surface area contributed by atoms with Gasteiger partial charge < -0.3 is 24.8 Å². The van der Waals surface area contributed by atoms with E-state index in [1.165, 1.54) is 0 Å². The molecule has 3 aromatic rings. The number of carbonyl (C=O) groups excluding carboxylic acids is 2. The minimum Gasteiger partial charge on any atom is -0.459 e. The lowest BCUT2D eigenvalue weighted by Crippen LogP contribution is -2.44. The molecule has 2 aliphatic rings. The highest BCUT2D eigenvalue weighted by Crippen LogP contribution is 2.40. The lowest BCUT2D eigenvalue weighted by atomic mass is 9.82. The summed E-state index contributed by atoms with van der Waals surface area (Å²) in [4.78, 5) is 36.5. The molecule has 3 heterocycles. The Morgan fingerprint density at radius 3 is 2.37 bits per heavy atom. The Hall–Kier alpha value is -3.78. The Kier molecular flexibility index (Phi) is 6.92. The molecule has 2 aliphatic heterocycles. The fraction of sp³-hybridized carbons (Fsp3) is 0.400. The van der Waals surface area contributed by atoms with Crippen LogP contribution in [0.4, 0.5) is 16.2 Å². The molecule has 0 spiro atoms. The highest BCUT2D eigenvalue weighted by Gasteiger charge is 2.37. The molecule has 0 atom stereocenters. The van der Waals surface area contributed by atoms with Crippen molar-refractivity contribution in [2.24, 2.45) is 0 Å². The number of anilines is 2. The molecule has 5 rings (SSSR count). The Morgan fingerprint density at radius 1 is 1.00 bits per heavy atom. The summed E-state index contributed by atoms with van der Waals surface area (Å²) >= 11 is 0. The predicted octanol–water partition coefficient (Wildman–Crippen LogP) is 5.04. The Bertz CT molecular complexity index is 1360. The van der Waals surface area contributed by atoms with E-state index >= 15 is 0 Å². The third-order valence-electron chi connectivity index (χ3n) is 7.31. The number of nitrogens with zero attached hydrogens (tertiary/aromatic N) is 3. The lowest BCUT2D eigenvalue weighted by molar-refractivity contribution is -0.140. The number of hydrogen-bond acceptors (Lipinski definition) is 5. The summed E-state index contributed by atoms with van der Waals surface area (Å²) in [6.45, 7) is 12.3. The Balaban J connectivity index is 1.43. The van der Waals surface area contributed by atoms with E-state index in [0.717, 1.165) is 48.3 Å². The van der Waals surface area contributed by atoms with Gasteiger partial charge in [-0.2, -0.15) is 0 Å². The van der Waals surface area contributed by atoms with Crippen molar-refractivity contribution >= 4 is 39.9 Å². The van der Waals surface area contributed by atoms with Crippen LogP contribution in [0.3, 0.4) is 0 Å². The van der Waals surface area contributed by atoms with Gasteiger partial charge in [-0.1, -0.05) is 32.0 Å². The number of nitrogens with one attached hydrogen (secondary N) is 2. The zero-order chi connectivity index (χ0) is 27.0. The van der Waals surface area contributed by atoms with Gasteiger partial charge in [-0.3, -0.25) is 4.90 Å². The number of carbonyl (C=O) groups is 2. The molecule has 2 aromatic carbocycles. The smallest absolute Gasteiger partial charge is 0.342 e. The van der Waals surface area contributed by atoms with Crippen molar-refractivity contribution in [3.05, 3.63) is 66.0 Å². The number of aromatic amines is 1. The number of aromatic nitrogens is 1. The molecule has 2 N–H and O–H groups in total. The van der Waals surface area contributed by atoms with Crippen LogP contribution in [0.25, 0.3) is 16.5 Å². The molecule has 38 heavy (non-hydrogen) atoms. The summed E-state index contributed by atoms with van der Waals surface area (Å²) in [6, 6.07) is 15.7. The maximum atomic E-state index is 13.5. The molecule has 200 valence electrons. The van der Waals surface area contributed by atoms with Crippen molar-refractivity contribution < 1.29 is 14.3 Å². The van der Waals surface area contributed by atoms with Crippen LogP contribution in [0.15, 0.2) is 54.7 Å². The van der Waals surface area contributed by atoms with Gasteiger partial charge in [-0.05, 0) is 56.8 Å². The number of H-pyrrole nitrogens is 1. The van der Waals surface area contributed by atoms with E-state index in [1.807, 2.05) is 56.3 Å². The van der Waals surface area contributed by atoms with E-state index in [1.54, 1.807) is 11.1 Å². The first-order chi connectivity index (χ1) is 18.1. The first-order valence-corrected chi connectivity index (χ1v) is 13.3. The zero-order valence-electron chi connectivity index (χ0n) is 22.9. The standard InChI is InChI=1S/C30H37N5O3/c1-20(2)38-28(36)24-18-35(19-30(3,4)26-23-8-6-7-9-25(23)32-27(24)26)29(37)31-21-10-12-22(13-11-21)34-16-14-33(5)15-17-34/h6-13,18,20,32H,14-17,19H2,1-5H3,(H,31,37). The van der Waals surface area contributed by atoms with Gasteiger partial charge in [-0.15, -0.1) is 0 Å². The van der Waals surface area contributed by atoms with Crippen molar-refractivity contribution in [2.45, 2.75) is 39.2 Å². The van der Waals surface area contributed by atoms with E-state index in [9.17, 15) is 9.59 Å². The van der Waals surface area contributed by atoms with E-state index in [4.69, 9.17) is 4.74 Å². The summed E-state index contributed by atoms with van der Waals surface area (Å²) in [7, 11) is 2.14. The average Bonchev–Trinajstić information content (AvgIpc) is 3.22. The van der Waals surface area contributed by atoms with Crippen LogP contribution in [0.2, 0.25) is 0 Å².